The number of carboxylic acids is 1. The third-order valence-corrected chi connectivity index (χ3v) is 6.64. The van der Waals surface area contributed by atoms with Crippen molar-refractivity contribution in [3.8, 4) is 0 Å². The smallest absolute Gasteiger partial charge is 0.352 e. The van der Waals surface area contributed by atoms with E-state index in [1.165, 1.54) is 28.2 Å². The molecule has 1 atom stereocenters. The van der Waals surface area contributed by atoms with Gasteiger partial charge in [-0.2, -0.15) is 4.31 Å². The largest absolute Gasteiger partial charge is 0.477 e. The molecule has 3 rings (SSSR count). The van der Waals surface area contributed by atoms with Crippen LogP contribution in [0.4, 0.5) is 0 Å². The molecule has 0 spiro atoms. The Morgan fingerprint density at radius 3 is 2.48 bits per heavy atom. The van der Waals surface area contributed by atoms with Crippen molar-refractivity contribution >= 4 is 16.0 Å². The normalized spacial score (nSPS) is 16.1. The molecule has 0 saturated heterocycles. The van der Waals surface area contributed by atoms with E-state index in [-0.39, 0.29) is 23.2 Å². The van der Waals surface area contributed by atoms with Crippen molar-refractivity contribution in [2.75, 3.05) is 0 Å². The number of hydrogen-bond acceptors (Lipinski definition) is 3. The number of rotatable bonds is 7. The summed E-state index contributed by atoms with van der Waals surface area (Å²) in [7, 11) is -2.25. The van der Waals surface area contributed by atoms with Crippen LogP contribution in [0.2, 0.25) is 0 Å². The average Bonchev–Trinajstić information content (AvgIpc) is 3.34. The van der Waals surface area contributed by atoms with Crippen LogP contribution >= 0.6 is 0 Å². The summed E-state index contributed by atoms with van der Waals surface area (Å²) in [5.41, 5.74) is 0.866. The Morgan fingerprint density at radius 1 is 1.32 bits per heavy atom. The maximum Gasteiger partial charge on any atom is 0.352 e. The van der Waals surface area contributed by atoms with Crippen molar-refractivity contribution in [1.82, 2.24) is 8.87 Å². The first kappa shape index (κ1) is 17.7. The van der Waals surface area contributed by atoms with Gasteiger partial charge in [0.15, 0.2) is 0 Å². The van der Waals surface area contributed by atoms with Gasteiger partial charge in [0.2, 0.25) is 10.0 Å². The third kappa shape index (κ3) is 3.62. The summed E-state index contributed by atoms with van der Waals surface area (Å²) < 4.78 is 29.3. The van der Waals surface area contributed by atoms with Crippen molar-refractivity contribution < 1.29 is 18.3 Å². The molecule has 1 N–H and O–H groups in total. The van der Waals surface area contributed by atoms with Gasteiger partial charge in [-0.15, -0.1) is 0 Å². The Kier molecular flexibility index (Phi) is 4.71. The lowest BCUT2D eigenvalue weighted by Gasteiger charge is -2.28. The standard InChI is InChI=1S/C18H22N2O4S/c1-13(15-8-9-15)20(11-14-6-4-3-5-7-14)25(23,24)16-10-17(18(21)22)19(2)12-16/h3-7,10,12-13,15H,8-9,11H2,1-2H3,(H,21,22). The Morgan fingerprint density at radius 2 is 1.96 bits per heavy atom. The number of aryl methyl sites for hydroxylation is 1. The Hall–Kier alpha value is -2.12. The van der Waals surface area contributed by atoms with Crippen LogP contribution in [-0.2, 0) is 23.6 Å². The monoisotopic (exact) mass is 362 g/mol. The van der Waals surface area contributed by atoms with E-state index in [2.05, 4.69) is 0 Å². The summed E-state index contributed by atoms with van der Waals surface area (Å²) >= 11 is 0. The van der Waals surface area contributed by atoms with Gasteiger partial charge in [-0.1, -0.05) is 30.3 Å². The van der Waals surface area contributed by atoms with Gasteiger partial charge in [0.25, 0.3) is 0 Å². The van der Waals surface area contributed by atoms with Gasteiger partial charge < -0.3 is 9.67 Å². The molecule has 1 aliphatic carbocycles. The minimum Gasteiger partial charge on any atom is -0.477 e. The van der Waals surface area contributed by atoms with Gasteiger partial charge >= 0.3 is 5.97 Å². The maximum atomic E-state index is 13.2. The van der Waals surface area contributed by atoms with Gasteiger partial charge in [-0.25, -0.2) is 13.2 Å². The zero-order valence-electron chi connectivity index (χ0n) is 14.3. The topological polar surface area (TPSA) is 79.6 Å². The molecule has 1 heterocycles. The van der Waals surface area contributed by atoms with E-state index in [0.717, 1.165) is 18.4 Å². The number of sulfonamides is 1. The molecule has 1 unspecified atom stereocenters. The third-order valence-electron chi connectivity index (χ3n) is 4.75. The minimum atomic E-state index is -3.79. The number of carbonyl (C=O) groups is 1. The van der Waals surface area contributed by atoms with E-state index in [9.17, 15) is 18.3 Å². The molecular weight excluding hydrogens is 340 g/mol. The number of aromatic nitrogens is 1. The molecule has 134 valence electrons. The summed E-state index contributed by atoms with van der Waals surface area (Å²) in [6, 6.07) is 10.6. The number of nitrogens with zero attached hydrogens (tertiary/aromatic N) is 2. The Labute approximate surface area is 147 Å². The first-order valence-corrected chi connectivity index (χ1v) is 9.70. The fraction of sp³-hybridized carbons (Fsp3) is 0.389. The predicted molar refractivity (Wildman–Crippen MR) is 93.7 cm³/mol. The lowest BCUT2D eigenvalue weighted by Crippen LogP contribution is -2.39. The van der Waals surface area contributed by atoms with Crippen molar-refractivity contribution in [1.29, 1.82) is 0 Å². The predicted octanol–water partition coefficient (Wildman–Crippen LogP) is 2.71. The van der Waals surface area contributed by atoms with Crippen molar-refractivity contribution in [2.24, 2.45) is 13.0 Å². The van der Waals surface area contributed by atoms with Crippen LogP contribution in [0.1, 0.15) is 35.8 Å². The highest BCUT2D eigenvalue weighted by atomic mass is 32.2. The van der Waals surface area contributed by atoms with Crippen LogP contribution in [0, 0.1) is 5.92 Å². The van der Waals surface area contributed by atoms with Gasteiger partial charge in [0.05, 0.1) is 0 Å². The van der Waals surface area contributed by atoms with Crippen LogP contribution in [0.5, 0.6) is 0 Å². The first-order chi connectivity index (χ1) is 11.8. The summed E-state index contributed by atoms with van der Waals surface area (Å²) in [6.45, 7) is 2.21. The zero-order chi connectivity index (χ0) is 18.2. The maximum absolute atomic E-state index is 13.2. The highest BCUT2D eigenvalue weighted by Crippen LogP contribution is 2.38. The molecule has 7 heteroatoms. The molecule has 6 nitrogen and oxygen atoms in total. The fourth-order valence-electron chi connectivity index (χ4n) is 3.05. The summed E-state index contributed by atoms with van der Waals surface area (Å²) in [6.07, 6.45) is 3.42. The van der Waals surface area contributed by atoms with E-state index < -0.39 is 16.0 Å². The number of aromatic carboxylic acids is 1. The number of carboxylic acid groups (broad SMARTS) is 1. The fourth-order valence-corrected chi connectivity index (χ4v) is 4.80. The van der Waals surface area contributed by atoms with E-state index in [0.29, 0.717) is 5.92 Å². The highest BCUT2D eigenvalue weighted by Gasteiger charge is 2.39. The summed E-state index contributed by atoms with van der Waals surface area (Å²) in [5, 5.41) is 9.20. The second kappa shape index (κ2) is 6.65. The van der Waals surface area contributed by atoms with E-state index in [4.69, 9.17) is 0 Å². The lowest BCUT2D eigenvalue weighted by atomic mass is 10.2. The second-order valence-electron chi connectivity index (χ2n) is 6.59. The second-order valence-corrected chi connectivity index (χ2v) is 8.48. The summed E-state index contributed by atoms with van der Waals surface area (Å²) in [4.78, 5) is 11.3. The molecule has 2 aromatic rings. The van der Waals surface area contributed by atoms with Crippen molar-refractivity contribution in [2.45, 2.75) is 37.2 Å². The highest BCUT2D eigenvalue weighted by molar-refractivity contribution is 7.89. The Balaban J connectivity index is 1.98. The molecular formula is C18H22N2O4S. The van der Waals surface area contributed by atoms with Crippen LogP contribution in [-0.4, -0.2) is 34.4 Å². The molecule has 1 aliphatic rings. The number of benzene rings is 1. The van der Waals surface area contributed by atoms with Gasteiger partial charge in [0.1, 0.15) is 10.6 Å². The van der Waals surface area contributed by atoms with E-state index in [1.54, 1.807) is 0 Å². The molecule has 1 aromatic carbocycles. The zero-order valence-corrected chi connectivity index (χ0v) is 15.1. The van der Waals surface area contributed by atoms with Crippen LogP contribution in [0.3, 0.4) is 0 Å². The van der Waals surface area contributed by atoms with Crippen LogP contribution < -0.4 is 0 Å². The molecule has 1 saturated carbocycles. The van der Waals surface area contributed by atoms with Gasteiger partial charge in [0, 0.05) is 25.8 Å². The molecule has 0 aliphatic heterocycles. The van der Waals surface area contributed by atoms with Gasteiger partial charge in [-0.3, -0.25) is 0 Å². The molecule has 0 bridgehead atoms. The summed E-state index contributed by atoms with van der Waals surface area (Å²) in [5.74, 6) is -0.782. The van der Waals surface area contributed by atoms with E-state index in [1.807, 2.05) is 37.3 Å². The molecule has 0 radical (unpaired) electrons. The minimum absolute atomic E-state index is 0.0239. The average molecular weight is 362 g/mol. The SMILES string of the molecule is CC(C1CC1)N(Cc1ccccc1)S(=O)(=O)c1cc(C(=O)O)n(C)c1. The molecule has 25 heavy (non-hydrogen) atoms. The Bertz CT molecular complexity index is 870. The molecule has 0 amide bonds. The number of hydrogen-bond donors (Lipinski definition) is 1. The van der Waals surface area contributed by atoms with Crippen molar-refractivity contribution in [3.63, 3.8) is 0 Å². The first-order valence-electron chi connectivity index (χ1n) is 8.26. The molecule has 1 aromatic heterocycles. The van der Waals surface area contributed by atoms with Crippen LogP contribution in [0.25, 0.3) is 0 Å². The van der Waals surface area contributed by atoms with Crippen molar-refractivity contribution in [3.05, 3.63) is 53.9 Å². The quantitative estimate of drug-likeness (QED) is 0.821. The molecule has 1 fully saturated rings. The lowest BCUT2D eigenvalue weighted by molar-refractivity contribution is 0.0686. The van der Waals surface area contributed by atoms with E-state index >= 15 is 0 Å². The van der Waals surface area contributed by atoms with Crippen LogP contribution in [0.15, 0.2) is 47.5 Å². The van der Waals surface area contributed by atoms with Gasteiger partial charge in [-0.05, 0) is 37.3 Å².